The summed E-state index contributed by atoms with van der Waals surface area (Å²) in [5, 5.41) is 1.79. The number of anilines is 1. The number of benzene rings is 1. The standard InChI is InChI=1S/C10H8BrF4NO2/c1-18-9(12,10(13,14)15)8(17)16-7-4-2-6(11)3-5-7/h2-5H,1H3,(H,16,17)/t9-/m1/s1. The van der Waals surface area contributed by atoms with E-state index in [1.54, 1.807) is 5.32 Å². The van der Waals surface area contributed by atoms with Crippen LogP contribution < -0.4 is 5.32 Å². The molecule has 1 aromatic carbocycles. The molecule has 100 valence electrons. The molecule has 0 spiro atoms. The third kappa shape index (κ3) is 2.99. The first-order chi connectivity index (χ1) is 8.20. The molecule has 0 aliphatic rings. The van der Waals surface area contributed by atoms with Gasteiger partial charge in [-0.15, -0.1) is 0 Å². The lowest BCUT2D eigenvalue weighted by molar-refractivity contribution is -0.305. The van der Waals surface area contributed by atoms with Gasteiger partial charge in [0.2, 0.25) is 0 Å². The highest BCUT2D eigenvalue weighted by atomic mass is 79.9. The Balaban J connectivity index is 2.90. The van der Waals surface area contributed by atoms with Crippen LogP contribution in [0.25, 0.3) is 0 Å². The number of rotatable bonds is 3. The van der Waals surface area contributed by atoms with Gasteiger partial charge < -0.3 is 10.1 Å². The first kappa shape index (κ1) is 14.9. The largest absolute Gasteiger partial charge is 0.458 e. The Bertz CT molecular complexity index is 434. The summed E-state index contributed by atoms with van der Waals surface area (Å²) in [4.78, 5) is 11.3. The van der Waals surface area contributed by atoms with Crippen molar-refractivity contribution < 1.29 is 27.1 Å². The van der Waals surface area contributed by atoms with Gasteiger partial charge in [-0.05, 0) is 24.3 Å². The molecule has 3 nitrogen and oxygen atoms in total. The molecule has 0 heterocycles. The molecule has 0 aromatic heterocycles. The topological polar surface area (TPSA) is 38.3 Å². The van der Waals surface area contributed by atoms with Gasteiger partial charge in [-0.25, -0.2) is 0 Å². The van der Waals surface area contributed by atoms with E-state index in [0.29, 0.717) is 11.6 Å². The predicted octanol–water partition coefficient (Wildman–Crippen LogP) is 3.26. The monoisotopic (exact) mass is 329 g/mol. The summed E-state index contributed by atoms with van der Waals surface area (Å²) in [6.45, 7) is 0. The summed E-state index contributed by atoms with van der Waals surface area (Å²) < 4.78 is 54.8. The van der Waals surface area contributed by atoms with Crippen LogP contribution in [0.4, 0.5) is 23.2 Å². The molecule has 0 unspecified atom stereocenters. The van der Waals surface area contributed by atoms with Crippen molar-refractivity contribution in [2.45, 2.75) is 12.0 Å². The summed E-state index contributed by atoms with van der Waals surface area (Å²) in [5.41, 5.74) is 0.0199. The lowest BCUT2D eigenvalue weighted by Crippen LogP contribution is -2.52. The molecule has 8 heteroatoms. The van der Waals surface area contributed by atoms with Crippen molar-refractivity contribution in [2.24, 2.45) is 0 Å². The van der Waals surface area contributed by atoms with Gasteiger partial charge in [-0.1, -0.05) is 15.9 Å². The maximum absolute atomic E-state index is 13.4. The second-order valence-corrected chi connectivity index (χ2v) is 4.17. The summed E-state index contributed by atoms with van der Waals surface area (Å²) in [5.74, 6) is -6.31. The fourth-order valence-electron chi connectivity index (χ4n) is 1.08. The van der Waals surface area contributed by atoms with Crippen molar-refractivity contribution in [3.05, 3.63) is 28.7 Å². The lowest BCUT2D eigenvalue weighted by atomic mass is 10.2. The first-order valence-electron chi connectivity index (χ1n) is 4.58. The van der Waals surface area contributed by atoms with Gasteiger partial charge in [-0.3, -0.25) is 4.79 Å². The quantitative estimate of drug-likeness (QED) is 0.864. The number of amides is 1. The molecule has 0 aliphatic heterocycles. The van der Waals surface area contributed by atoms with E-state index in [4.69, 9.17) is 0 Å². The van der Waals surface area contributed by atoms with Crippen molar-refractivity contribution in [3.63, 3.8) is 0 Å². The van der Waals surface area contributed by atoms with Crippen molar-refractivity contribution >= 4 is 27.5 Å². The van der Waals surface area contributed by atoms with E-state index in [9.17, 15) is 22.4 Å². The van der Waals surface area contributed by atoms with Crippen LogP contribution in [0.3, 0.4) is 0 Å². The molecular weight excluding hydrogens is 322 g/mol. The number of carbonyl (C=O) groups excluding carboxylic acids is 1. The van der Waals surface area contributed by atoms with Crippen molar-refractivity contribution in [1.82, 2.24) is 0 Å². The van der Waals surface area contributed by atoms with Gasteiger partial charge in [0.1, 0.15) is 0 Å². The minimum absolute atomic E-state index is 0.0199. The fourth-order valence-corrected chi connectivity index (χ4v) is 1.35. The number of hydrogen-bond acceptors (Lipinski definition) is 2. The minimum Gasteiger partial charge on any atom is -0.335 e. The normalized spacial score (nSPS) is 15.0. The smallest absolute Gasteiger partial charge is 0.335 e. The summed E-state index contributed by atoms with van der Waals surface area (Å²) in [7, 11) is 0.467. The number of halogens is 5. The van der Waals surface area contributed by atoms with Gasteiger partial charge in [0, 0.05) is 17.3 Å². The molecule has 1 rings (SSSR count). The molecule has 1 N–H and O–H groups in total. The van der Waals surface area contributed by atoms with E-state index in [0.717, 1.165) is 0 Å². The zero-order valence-electron chi connectivity index (χ0n) is 9.02. The molecule has 0 fully saturated rings. The number of hydrogen-bond donors (Lipinski definition) is 1. The minimum atomic E-state index is -5.46. The molecule has 0 aliphatic carbocycles. The number of methoxy groups -OCH3 is 1. The Hall–Kier alpha value is -1.15. The lowest BCUT2D eigenvalue weighted by Gasteiger charge is -2.24. The van der Waals surface area contributed by atoms with Crippen LogP contribution in [0, 0.1) is 0 Å². The van der Waals surface area contributed by atoms with Crippen LogP contribution in [0.1, 0.15) is 0 Å². The molecule has 1 amide bonds. The van der Waals surface area contributed by atoms with Crippen LogP contribution in [0.5, 0.6) is 0 Å². The number of ether oxygens (including phenoxy) is 1. The Morgan fingerprint density at radius 1 is 1.22 bits per heavy atom. The van der Waals surface area contributed by atoms with E-state index in [2.05, 4.69) is 20.7 Å². The predicted molar refractivity (Wildman–Crippen MR) is 59.7 cm³/mol. The van der Waals surface area contributed by atoms with E-state index in [1.165, 1.54) is 24.3 Å². The van der Waals surface area contributed by atoms with E-state index >= 15 is 0 Å². The SMILES string of the molecule is CO[C@](F)(C(=O)Nc1ccc(Br)cc1)C(F)(F)F. The maximum Gasteiger partial charge on any atom is 0.458 e. The van der Waals surface area contributed by atoms with Crippen LogP contribution in [0.15, 0.2) is 28.7 Å². The van der Waals surface area contributed by atoms with Gasteiger partial charge in [0.05, 0.1) is 0 Å². The highest BCUT2D eigenvalue weighted by molar-refractivity contribution is 9.10. The molecule has 1 aromatic rings. The Morgan fingerprint density at radius 2 is 1.72 bits per heavy atom. The number of carbonyl (C=O) groups is 1. The molecule has 18 heavy (non-hydrogen) atoms. The van der Waals surface area contributed by atoms with E-state index in [-0.39, 0.29) is 5.69 Å². The van der Waals surface area contributed by atoms with Crippen molar-refractivity contribution in [3.8, 4) is 0 Å². The van der Waals surface area contributed by atoms with Crippen LogP contribution in [-0.4, -0.2) is 25.0 Å². The third-order valence-corrected chi connectivity index (χ3v) is 2.57. The Kier molecular flexibility index (Phi) is 4.33. The Labute approximate surface area is 108 Å². The summed E-state index contributed by atoms with van der Waals surface area (Å²) in [6, 6.07) is 5.59. The van der Waals surface area contributed by atoms with Crippen LogP contribution in [0.2, 0.25) is 0 Å². The molecular formula is C10H8BrF4NO2. The molecule has 0 saturated carbocycles. The first-order valence-corrected chi connectivity index (χ1v) is 5.38. The third-order valence-electron chi connectivity index (χ3n) is 2.04. The molecule has 0 bridgehead atoms. The zero-order chi connectivity index (χ0) is 14.0. The molecule has 1 atom stereocenters. The summed E-state index contributed by atoms with van der Waals surface area (Å²) >= 11 is 3.11. The second-order valence-electron chi connectivity index (χ2n) is 3.26. The maximum atomic E-state index is 13.4. The summed E-state index contributed by atoms with van der Waals surface area (Å²) in [6.07, 6.45) is -5.46. The highest BCUT2D eigenvalue weighted by Gasteiger charge is 2.63. The molecule has 0 saturated heterocycles. The van der Waals surface area contributed by atoms with Gasteiger partial charge in [-0.2, -0.15) is 17.6 Å². The van der Waals surface area contributed by atoms with Crippen LogP contribution >= 0.6 is 15.9 Å². The van der Waals surface area contributed by atoms with Gasteiger partial charge in [0.25, 0.3) is 5.91 Å². The second kappa shape index (κ2) is 5.23. The van der Waals surface area contributed by atoms with Crippen molar-refractivity contribution in [2.75, 3.05) is 12.4 Å². The van der Waals surface area contributed by atoms with E-state index < -0.39 is 17.9 Å². The average molecular weight is 330 g/mol. The van der Waals surface area contributed by atoms with Crippen LogP contribution in [-0.2, 0) is 9.53 Å². The van der Waals surface area contributed by atoms with E-state index in [1.807, 2.05) is 0 Å². The highest BCUT2D eigenvalue weighted by Crippen LogP contribution is 2.35. The fraction of sp³-hybridized carbons (Fsp3) is 0.300. The number of nitrogens with one attached hydrogen (secondary N) is 1. The van der Waals surface area contributed by atoms with Gasteiger partial charge in [0.15, 0.2) is 0 Å². The van der Waals surface area contributed by atoms with Gasteiger partial charge >= 0.3 is 12.0 Å². The Morgan fingerprint density at radius 3 is 2.11 bits per heavy atom. The number of alkyl halides is 4. The zero-order valence-corrected chi connectivity index (χ0v) is 10.6. The molecule has 0 radical (unpaired) electrons. The van der Waals surface area contributed by atoms with Crippen molar-refractivity contribution in [1.29, 1.82) is 0 Å². The average Bonchev–Trinajstić information content (AvgIpc) is 2.29.